The number of ether oxygens (including phenoxy) is 1. The van der Waals surface area contributed by atoms with Gasteiger partial charge in [0.25, 0.3) is 0 Å². The Hall–Kier alpha value is -3.58. The van der Waals surface area contributed by atoms with Crippen LogP contribution in [-0.2, 0) is 6.42 Å². The Morgan fingerprint density at radius 1 is 1.13 bits per heavy atom. The molecule has 7 nitrogen and oxygen atoms in total. The molecule has 0 spiro atoms. The van der Waals surface area contributed by atoms with Crippen LogP contribution in [0.5, 0.6) is 11.6 Å². The third kappa shape index (κ3) is 5.32. The maximum absolute atomic E-state index is 10.1. The summed E-state index contributed by atoms with van der Waals surface area (Å²) in [6.07, 6.45) is 3.36. The fourth-order valence-corrected chi connectivity index (χ4v) is 3.41. The SMILES string of the molecule is CN(C)CCCOc1ccc(Cc2cc(N=Cc3c(O)[nH]c4ccccc34)n[nH]2)cc1. The molecule has 0 unspecified atom stereocenters. The molecule has 0 aliphatic heterocycles. The second-order valence-electron chi connectivity index (χ2n) is 7.77. The van der Waals surface area contributed by atoms with Gasteiger partial charge in [-0.25, -0.2) is 4.99 Å². The number of para-hydroxylation sites is 1. The molecule has 160 valence electrons. The Morgan fingerprint density at radius 3 is 2.74 bits per heavy atom. The first kappa shape index (κ1) is 20.7. The number of aliphatic imine (C=N–C) groups is 1. The molecule has 0 radical (unpaired) electrons. The summed E-state index contributed by atoms with van der Waals surface area (Å²) in [5, 5.41) is 18.4. The summed E-state index contributed by atoms with van der Waals surface area (Å²) in [5.74, 6) is 1.56. The Bertz CT molecular complexity index is 1160. The molecule has 0 aliphatic rings. The van der Waals surface area contributed by atoms with Crippen molar-refractivity contribution in [2.24, 2.45) is 4.99 Å². The summed E-state index contributed by atoms with van der Waals surface area (Å²) < 4.78 is 5.78. The third-order valence-corrected chi connectivity index (χ3v) is 5.01. The van der Waals surface area contributed by atoms with Gasteiger partial charge in [-0.2, -0.15) is 5.10 Å². The highest BCUT2D eigenvalue weighted by Crippen LogP contribution is 2.26. The molecule has 0 bridgehead atoms. The monoisotopic (exact) mass is 417 g/mol. The summed E-state index contributed by atoms with van der Waals surface area (Å²) in [6.45, 7) is 1.73. The number of rotatable bonds is 9. The Morgan fingerprint density at radius 2 is 1.94 bits per heavy atom. The third-order valence-electron chi connectivity index (χ3n) is 5.01. The molecule has 4 aromatic rings. The van der Waals surface area contributed by atoms with E-state index in [2.05, 4.69) is 51.3 Å². The smallest absolute Gasteiger partial charge is 0.198 e. The fraction of sp³-hybridized carbons (Fsp3) is 0.250. The fourth-order valence-electron chi connectivity index (χ4n) is 3.41. The van der Waals surface area contributed by atoms with Crippen molar-refractivity contribution in [1.82, 2.24) is 20.1 Å². The van der Waals surface area contributed by atoms with Crippen LogP contribution in [0.25, 0.3) is 10.9 Å². The lowest BCUT2D eigenvalue weighted by molar-refractivity contribution is 0.281. The zero-order valence-corrected chi connectivity index (χ0v) is 17.8. The second-order valence-corrected chi connectivity index (χ2v) is 7.77. The zero-order chi connectivity index (χ0) is 21.6. The van der Waals surface area contributed by atoms with E-state index in [4.69, 9.17) is 4.74 Å². The molecule has 0 saturated carbocycles. The van der Waals surface area contributed by atoms with Crippen LogP contribution in [0.15, 0.2) is 59.6 Å². The van der Waals surface area contributed by atoms with E-state index in [-0.39, 0.29) is 5.88 Å². The van der Waals surface area contributed by atoms with Crippen LogP contribution >= 0.6 is 0 Å². The summed E-state index contributed by atoms with van der Waals surface area (Å²) in [4.78, 5) is 9.52. The van der Waals surface area contributed by atoms with E-state index < -0.39 is 0 Å². The van der Waals surface area contributed by atoms with Crippen LogP contribution < -0.4 is 4.74 Å². The van der Waals surface area contributed by atoms with E-state index in [1.165, 1.54) is 0 Å². The first-order valence-corrected chi connectivity index (χ1v) is 10.3. The maximum Gasteiger partial charge on any atom is 0.198 e. The number of aromatic nitrogens is 3. The van der Waals surface area contributed by atoms with Gasteiger partial charge in [-0.3, -0.25) is 5.10 Å². The van der Waals surface area contributed by atoms with Gasteiger partial charge in [-0.15, -0.1) is 0 Å². The van der Waals surface area contributed by atoms with Crippen LogP contribution in [0.1, 0.15) is 23.2 Å². The Balaban J connectivity index is 1.36. The van der Waals surface area contributed by atoms with Crippen molar-refractivity contribution in [3.8, 4) is 11.6 Å². The second kappa shape index (κ2) is 9.49. The van der Waals surface area contributed by atoms with Crippen LogP contribution in [-0.4, -0.2) is 58.6 Å². The van der Waals surface area contributed by atoms with Crippen LogP contribution in [0.3, 0.4) is 0 Å². The minimum atomic E-state index is 0.102. The number of H-pyrrole nitrogens is 2. The van der Waals surface area contributed by atoms with Crippen molar-refractivity contribution >= 4 is 22.9 Å². The van der Waals surface area contributed by atoms with Crippen molar-refractivity contribution in [2.75, 3.05) is 27.2 Å². The highest BCUT2D eigenvalue weighted by atomic mass is 16.5. The molecule has 0 saturated heterocycles. The predicted octanol–water partition coefficient (Wildman–Crippen LogP) is 4.27. The number of aromatic hydroxyl groups is 1. The molecule has 7 heteroatoms. The molecule has 0 amide bonds. The lowest BCUT2D eigenvalue weighted by Crippen LogP contribution is -2.15. The number of benzene rings is 2. The topological polar surface area (TPSA) is 89.5 Å². The molecule has 0 aliphatic carbocycles. The van der Waals surface area contributed by atoms with Crippen LogP contribution in [0.4, 0.5) is 5.82 Å². The van der Waals surface area contributed by atoms with E-state index in [1.54, 1.807) is 6.21 Å². The predicted molar refractivity (Wildman–Crippen MR) is 124 cm³/mol. The minimum Gasteiger partial charge on any atom is -0.494 e. The minimum absolute atomic E-state index is 0.102. The van der Waals surface area contributed by atoms with Crippen molar-refractivity contribution in [3.05, 3.63) is 71.4 Å². The highest BCUT2D eigenvalue weighted by molar-refractivity contribution is 6.02. The Labute approximate surface area is 181 Å². The standard InChI is InChI=1S/C24H27N5O2/c1-29(2)12-5-13-31-19-10-8-17(9-11-19)14-18-15-23(28-27-18)25-16-21-20-6-3-4-7-22(20)26-24(21)30/h3-4,6-11,15-16,26,30H,5,12-14H2,1-2H3,(H,27,28). The molecule has 31 heavy (non-hydrogen) atoms. The number of nitrogens with zero attached hydrogens (tertiary/aromatic N) is 3. The quantitative estimate of drug-likeness (QED) is 0.280. The van der Waals surface area contributed by atoms with Gasteiger partial charge >= 0.3 is 0 Å². The first-order chi connectivity index (χ1) is 15.1. The van der Waals surface area contributed by atoms with Gasteiger partial charge in [-0.1, -0.05) is 30.3 Å². The lowest BCUT2D eigenvalue weighted by atomic mass is 10.1. The average molecular weight is 418 g/mol. The van der Waals surface area contributed by atoms with Crippen molar-refractivity contribution in [1.29, 1.82) is 0 Å². The van der Waals surface area contributed by atoms with Gasteiger partial charge in [0.15, 0.2) is 11.7 Å². The van der Waals surface area contributed by atoms with E-state index >= 15 is 0 Å². The first-order valence-electron chi connectivity index (χ1n) is 10.3. The molecule has 0 fully saturated rings. The van der Waals surface area contributed by atoms with E-state index in [0.717, 1.165) is 47.3 Å². The molecule has 2 aromatic heterocycles. The van der Waals surface area contributed by atoms with Gasteiger partial charge in [-0.05, 0) is 44.3 Å². The number of hydrogen-bond donors (Lipinski definition) is 3. The highest BCUT2D eigenvalue weighted by Gasteiger charge is 2.08. The summed E-state index contributed by atoms with van der Waals surface area (Å²) in [6, 6.07) is 17.7. The number of hydrogen-bond acceptors (Lipinski definition) is 5. The van der Waals surface area contributed by atoms with E-state index in [9.17, 15) is 5.11 Å². The lowest BCUT2D eigenvalue weighted by Gasteiger charge is -2.10. The van der Waals surface area contributed by atoms with Crippen LogP contribution in [0.2, 0.25) is 0 Å². The molecule has 2 heterocycles. The van der Waals surface area contributed by atoms with Gasteiger partial charge in [0, 0.05) is 41.8 Å². The molecule has 0 atom stereocenters. The Kier molecular flexibility index (Phi) is 6.33. The number of nitrogens with one attached hydrogen (secondary N) is 2. The van der Waals surface area contributed by atoms with Crippen molar-refractivity contribution < 1.29 is 9.84 Å². The largest absolute Gasteiger partial charge is 0.494 e. The van der Waals surface area contributed by atoms with Crippen LogP contribution in [0, 0.1) is 0 Å². The summed E-state index contributed by atoms with van der Waals surface area (Å²) in [5.41, 5.74) is 3.65. The molecular formula is C24H27N5O2. The summed E-state index contributed by atoms with van der Waals surface area (Å²) >= 11 is 0. The van der Waals surface area contributed by atoms with Gasteiger partial charge in [0.05, 0.1) is 12.2 Å². The van der Waals surface area contributed by atoms with Gasteiger partial charge in [0.2, 0.25) is 0 Å². The number of fused-ring (bicyclic) bond motifs is 1. The molecular weight excluding hydrogens is 390 g/mol. The maximum atomic E-state index is 10.1. The van der Waals surface area contributed by atoms with Crippen molar-refractivity contribution in [2.45, 2.75) is 12.8 Å². The molecule has 3 N–H and O–H groups in total. The van der Waals surface area contributed by atoms with Gasteiger partial charge < -0.3 is 19.7 Å². The van der Waals surface area contributed by atoms with E-state index in [1.807, 2.05) is 42.5 Å². The van der Waals surface area contributed by atoms with Crippen molar-refractivity contribution in [3.63, 3.8) is 0 Å². The van der Waals surface area contributed by atoms with E-state index in [0.29, 0.717) is 18.0 Å². The normalized spacial score (nSPS) is 11.7. The summed E-state index contributed by atoms with van der Waals surface area (Å²) in [7, 11) is 4.13. The number of aromatic amines is 2. The molecule has 2 aromatic carbocycles. The molecule has 4 rings (SSSR count). The average Bonchev–Trinajstić information content (AvgIpc) is 3.33. The zero-order valence-electron chi connectivity index (χ0n) is 17.8. The van der Waals surface area contributed by atoms with Gasteiger partial charge in [0.1, 0.15) is 5.75 Å².